The average molecular weight is 405 g/mol. The molecule has 0 radical (unpaired) electrons. The molecule has 0 aromatic heterocycles. The van der Waals surface area contributed by atoms with Crippen LogP contribution in [0.2, 0.25) is 0 Å². The summed E-state index contributed by atoms with van der Waals surface area (Å²) < 4.78 is 0. The maximum atomic E-state index is 10.3. The second-order valence-electron chi connectivity index (χ2n) is 12.9. The van der Waals surface area contributed by atoms with Gasteiger partial charge in [0.2, 0.25) is 0 Å². The zero-order valence-electron chi connectivity index (χ0n) is 19.9. The van der Waals surface area contributed by atoms with Crippen molar-refractivity contribution in [3.8, 4) is 0 Å². The van der Waals surface area contributed by atoms with E-state index in [4.69, 9.17) is 0 Å². The van der Waals surface area contributed by atoms with Gasteiger partial charge in [-0.3, -0.25) is 0 Å². The molecule has 4 saturated carbocycles. The summed E-state index contributed by atoms with van der Waals surface area (Å²) in [7, 11) is 0. The zero-order chi connectivity index (χ0) is 21.0. The van der Waals surface area contributed by atoms with Crippen molar-refractivity contribution in [3.63, 3.8) is 0 Å². The van der Waals surface area contributed by atoms with E-state index in [9.17, 15) is 10.2 Å². The van der Waals surface area contributed by atoms with Crippen molar-refractivity contribution in [2.24, 2.45) is 52.3 Å². The van der Waals surface area contributed by atoms with Crippen LogP contribution in [0.15, 0.2) is 0 Å². The molecule has 168 valence electrons. The minimum Gasteiger partial charge on any atom is -0.366 e. The Balaban J connectivity index is 1.46. The van der Waals surface area contributed by atoms with E-state index in [2.05, 4.69) is 34.6 Å². The van der Waals surface area contributed by atoms with Gasteiger partial charge in [0.1, 0.15) is 0 Å². The molecule has 2 heteroatoms. The molecule has 0 saturated heterocycles. The molecule has 4 fully saturated rings. The van der Waals surface area contributed by atoms with E-state index < -0.39 is 5.79 Å². The van der Waals surface area contributed by atoms with Gasteiger partial charge in [0.05, 0.1) is 0 Å². The highest BCUT2D eigenvalue weighted by Crippen LogP contribution is 2.68. The first-order valence-corrected chi connectivity index (χ1v) is 13.0. The van der Waals surface area contributed by atoms with Gasteiger partial charge in [0.15, 0.2) is 5.79 Å². The Morgan fingerprint density at radius 1 is 0.793 bits per heavy atom. The molecule has 29 heavy (non-hydrogen) atoms. The molecule has 4 rings (SSSR count). The van der Waals surface area contributed by atoms with Gasteiger partial charge in [-0.15, -0.1) is 0 Å². The van der Waals surface area contributed by atoms with Gasteiger partial charge in [-0.1, -0.05) is 53.9 Å². The van der Waals surface area contributed by atoms with Gasteiger partial charge < -0.3 is 10.2 Å². The van der Waals surface area contributed by atoms with Crippen LogP contribution in [-0.2, 0) is 0 Å². The zero-order valence-corrected chi connectivity index (χ0v) is 19.9. The van der Waals surface area contributed by atoms with Crippen LogP contribution in [0.5, 0.6) is 0 Å². The molecule has 2 nitrogen and oxygen atoms in total. The summed E-state index contributed by atoms with van der Waals surface area (Å²) in [6.45, 7) is 12.5. The second-order valence-corrected chi connectivity index (χ2v) is 12.9. The van der Waals surface area contributed by atoms with Crippen molar-refractivity contribution < 1.29 is 10.2 Å². The van der Waals surface area contributed by atoms with Gasteiger partial charge in [-0.05, 0) is 97.2 Å². The first-order chi connectivity index (χ1) is 13.6. The number of aliphatic hydroxyl groups is 2. The molecule has 0 aromatic carbocycles. The molecule has 8 atom stereocenters. The van der Waals surface area contributed by atoms with Crippen LogP contribution >= 0.6 is 0 Å². The van der Waals surface area contributed by atoms with Gasteiger partial charge >= 0.3 is 0 Å². The lowest BCUT2D eigenvalue weighted by atomic mass is 9.44. The molecule has 0 bridgehead atoms. The molecule has 2 N–H and O–H groups in total. The number of hydrogen-bond donors (Lipinski definition) is 2. The van der Waals surface area contributed by atoms with Gasteiger partial charge in [-0.2, -0.15) is 0 Å². The van der Waals surface area contributed by atoms with E-state index in [0.717, 1.165) is 41.9 Å². The maximum Gasteiger partial charge on any atom is 0.162 e. The van der Waals surface area contributed by atoms with Crippen molar-refractivity contribution in [2.75, 3.05) is 0 Å². The quantitative estimate of drug-likeness (QED) is 0.495. The van der Waals surface area contributed by atoms with E-state index in [1.54, 1.807) is 0 Å². The van der Waals surface area contributed by atoms with Gasteiger partial charge in [-0.25, -0.2) is 0 Å². The van der Waals surface area contributed by atoms with E-state index in [1.165, 1.54) is 57.8 Å². The number of hydrogen-bond acceptors (Lipinski definition) is 2. The van der Waals surface area contributed by atoms with Gasteiger partial charge in [0.25, 0.3) is 0 Å². The monoisotopic (exact) mass is 404 g/mol. The lowest BCUT2D eigenvalue weighted by Gasteiger charge is -2.61. The summed E-state index contributed by atoms with van der Waals surface area (Å²) >= 11 is 0. The van der Waals surface area contributed by atoms with E-state index in [-0.39, 0.29) is 0 Å². The molecular formula is C27H48O2. The minimum atomic E-state index is -1.40. The summed E-state index contributed by atoms with van der Waals surface area (Å²) in [5.41, 5.74) is 0.911. The highest BCUT2D eigenvalue weighted by molar-refractivity contribution is 5.10. The highest BCUT2D eigenvalue weighted by Gasteiger charge is 2.61. The topological polar surface area (TPSA) is 40.5 Å². The largest absolute Gasteiger partial charge is 0.366 e. The standard InChI is InChI=1S/C27H48O2/c1-18(2)7-6-8-19(3)22-11-12-23-21-10-9-20-17-27(28,29)16-15-25(20,4)24(21)13-14-26(22,23)5/h18-24,28-29H,6-17H2,1-5H3/t19-,20+,21-,22-,23-,24-,25-,26+/m0/s1. The molecule has 0 spiro atoms. The van der Waals surface area contributed by atoms with E-state index in [1.807, 2.05) is 0 Å². The van der Waals surface area contributed by atoms with Crippen LogP contribution < -0.4 is 0 Å². The third kappa shape index (κ3) is 3.84. The Labute approximate surface area is 180 Å². The minimum absolute atomic E-state index is 0.347. The summed E-state index contributed by atoms with van der Waals surface area (Å²) in [6.07, 6.45) is 14.7. The van der Waals surface area contributed by atoms with Crippen molar-refractivity contribution in [1.82, 2.24) is 0 Å². The van der Waals surface area contributed by atoms with Crippen LogP contribution in [-0.4, -0.2) is 16.0 Å². The SMILES string of the molecule is CC(C)CCC[C@H](C)[C@@H]1CC[C@H]2[C@@H]3CC[C@@H]4CC(O)(O)CC[C@]4(C)[C@H]3CC[C@@]21C. The summed E-state index contributed by atoms with van der Waals surface area (Å²) in [4.78, 5) is 0. The summed E-state index contributed by atoms with van der Waals surface area (Å²) in [5.74, 6) is 4.41. The molecule has 4 aliphatic carbocycles. The predicted octanol–water partition coefficient (Wildman–Crippen LogP) is 6.79. The molecule has 0 aromatic rings. The maximum absolute atomic E-state index is 10.3. The van der Waals surface area contributed by atoms with Crippen LogP contribution in [0.4, 0.5) is 0 Å². The molecule has 0 aliphatic heterocycles. The number of fused-ring (bicyclic) bond motifs is 5. The Hall–Kier alpha value is -0.0800. The second kappa shape index (κ2) is 7.80. The van der Waals surface area contributed by atoms with Crippen molar-refractivity contribution in [2.45, 2.75) is 117 Å². The highest BCUT2D eigenvalue weighted by atomic mass is 16.5. The molecule has 0 amide bonds. The summed E-state index contributed by atoms with van der Waals surface area (Å²) in [5, 5.41) is 20.5. The fraction of sp³-hybridized carbons (Fsp3) is 1.00. The fourth-order valence-corrected chi connectivity index (χ4v) is 9.25. The van der Waals surface area contributed by atoms with Gasteiger partial charge in [0, 0.05) is 12.8 Å². The molecule has 0 unspecified atom stereocenters. The fourth-order valence-electron chi connectivity index (χ4n) is 9.25. The van der Waals surface area contributed by atoms with Crippen molar-refractivity contribution >= 4 is 0 Å². The third-order valence-corrected chi connectivity index (χ3v) is 10.9. The van der Waals surface area contributed by atoms with Crippen molar-refractivity contribution in [1.29, 1.82) is 0 Å². The Morgan fingerprint density at radius 3 is 2.24 bits per heavy atom. The van der Waals surface area contributed by atoms with Crippen molar-refractivity contribution in [3.05, 3.63) is 0 Å². The third-order valence-electron chi connectivity index (χ3n) is 10.9. The van der Waals surface area contributed by atoms with Crippen LogP contribution in [0.1, 0.15) is 112 Å². The molecular weight excluding hydrogens is 356 g/mol. The van der Waals surface area contributed by atoms with E-state index in [0.29, 0.717) is 29.6 Å². The summed E-state index contributed by atoms with van der Waals surface area (Å²) in [6, 6.07) is 0. The lowest BCUT2D eigenvalue weighted by Crippen LogP contribution is -2.56. The average Bonchev–Trinajstić information content (AvgIpc) is 2.99. The smallest absolute Gasteiger partial charge is 0.162 e. The first kappa shape index (κ1) is 22.1. The molecule has 4 aliphatic rings. The Morgan fingerprint density at radius 2 is 1.52 bits per heavy atom. The normalized spacial score (nSPS) is 47.4. The van der Waals surface area contributed by atoms with E-state index >= 15 is 0 Å². The van der Waals surface area contributed by atoms with Crippen LogP contribution in [0.25, 0.3) is 0 Å². The number of rotatable bonds is 5. The predicted molar refractivity (Wildman–Crippen MR) is 120 cm³/mol. The first-order valence-electron chi connectivity index (χ1n) is 13.0. The molecule has 0 heterocycles. The van der Waals surface area contributed by atoms with Crippen LogP contribution in [0.3, 0.4) is 0 Å². The van der Waals surface area contributed by atoms with Crippen LogP contribution in [0, 0.1) is 52.3 Å². The lowest BCUT2D eigenvalue weighted by molar-refractivity contribution is -0.233. The Kier molecular flexibility index (Phi) is 5.95. The Bertz CT molecular complexity index is 583.